The number of nitrogens with zero attached hydrogens (tertiary/aromatic N) is 1. The number of carbonyl (C=O) groups is 3. The molecule has 0 aliphatic carbocycles. The van der Waals surface area contributed by atoms with Crippen molar-refractivity contribution in [3.8, 4) is 0 Å². The van der Waals surface area contributed by atoms with Gasteiger partial charge in [0.05, 0.1) is 5.69 Å². The van der Waals surface area contributed by atoms with Crippen LogP contribution in [0.1, 0.15) is 17.5 Å². The van der Waals surface area contributed by atoms with Crippen LogP contribution in [0.3, 0.4) is 0 Å². The van der Waals surface area contributed by atoms with E-state index in [4.69, 9.17) is 0 Å². The molecule has 9 heteroatoms. The van der Waals surface area contributed by atoms with Gasteiger partial charge in [-0.25, -0.2) is 9.69 Å². The average Bonchev–Trinajstić information content (AvgIpc) is 2.92. The highest BCUT2D eigenvalue weighted by atomic mass is 19.4. The zero-order chi connectivity index (χ0) is 21.2. The molecule has 0 bridgehead atoms. The van der Waals surface area contributed by atoms with E-state index in [1.165, 1.54) is 12.1 Å². The highest BCUT2D eigenvalue weighted by Crippen LogP contribution is 2.36. The number of urea groups is 1. The van der Waals surface area contributed by atoms with Crippen LogP contribution in [0, 0.1) is 6.92 Å². The molecule has 1 aliphatic rings. The Labute approximate surface area is 164 Å². The Kier molecular flexibility index (Phi) is 5.32. The smallest absolute Gasteiger partial charge is 0.318 e. The lowest BCUT2D eigenvalue weighted by atomic mass is 10.1. The van der Waals surface area contributed by atoms with E-state index in [1.54, 1.807) is 60.0 Å². The lowest BCUT2D eigenvalue weighted by molar-refractivity contribution is -0.201. The molecular weight excluding hydrogens is 387 g/mol. The van der Waals surface area contributed by atoms with Gasteiger partial charge in [-0.3, -0.25) is 14.9 Å². The minimum Gasteiger partial charge on any atom is -0.318 e. The summed E-state index contributed by atoms with van der Waals surface area (Å²) in [5.74, 6) is -2.61. The van der Waals surface area contributed by atoms with Crippen molar-refractivity contribution in [1.82, 2.24) is 10.6 Å². The molecular formula is C20H18F3N3O3. The van der Waals surface area contributed by atoms with Crippen LogP contribution < -0.4 is 15.5 Å². The van der Waals surface area contributed by atoms with E-state index in [1.807, 2.05) is 0 Å². The van der Waals surface area contributed by atoms with Crippen LogP contribution in [-0.2, 0) is 16.0 Å². The molecule has 4 amide bonds. The van der Waals surface area contributed by atoms with Crippen LogP contribution in [0.25, 0.3) is 0 Å². The van der Waals surface area contributed by atoms with Crippen molar-refractivity contribution in [2.24, 2.45) is 0 Å². The first kappa shape index (κ1) is 20.4. The largest absolute Gasteiger partial charge is 0.440 e. The topological polar surface area (TPSA) is 78.5 Å². The number of halogens is 3. The number of rotatable bonds is 5. The maximum Gasteiger partial charge on any atom is 0.440 e. The summed E-state index contributed by atoms with van der Waals surface area (Å²) in [5, 5.41) is 3.36. The van der Waals surface area contributed by atoms with E-state index in [9.17, 15) is 27.6 Å². The molecule has 29 heavy (non-hydrogen) atoms. The zero-order valence-corrected chi connectivity index (χ0v) is 15.4. The summed E-state index contributed by atoms with van der Waals surface area (Å²) in [5.41, 5.74) is -2.31. The summed E-state index contributed by atoms with van der Waals surface area (Å²) in [7, 11) is 0. The van der Waals surface area contributed by atoms with Gasteiger partial charge in [-0.05, 0) is 30.5 Å². The Hall–Kier alpha value is -3.36. The summed E-state index contributed by atoms with van der Waals surface area (Å²) in [4.78, 5) is 37.7. The Morgan fingerprint density at radius 1 is 1.07 bits per heavy atom. The quantitative estimate of drug-likeness (QED) is 0.751. The van der Waals surface area contributed by atoms with E-state index in [-0.39, 0.29) is 18.5 Å². The second-order valence-electron chi connectivity index (χ2n) is 6.64. The van der Waals surface area contributed by atoms with Gasteiger partial charge in [-0.2, -0.15) is 13.2 Å². The van der Waals surface area contributed by atoms with Crippen molar-refractivity contribution < 1.29 is 27.6 Å². The lowest BCUT2D eigenvalue weighted by Gasteiger charge is -2.30. The summed E-state index contributed by atoms with van der Waals surface area (Å²) in [6.07, 6.45) is -5.33. The first-order valence-electron chi connectivity index (χ1n) is 8.80. The number of carbonyl (C=O) groups excluding carboxylic acids is 3. The molecule has 3 rings (SSSR count). The summed E-state index contributed by atoms with van der Waals surface area (Å²) in [6.45, 7) is 1.56. The molecule has 2 aromatic carbocycles. The standard InChI is InChI=1S/C20H18F3N3O3/c1-13-7-5-6-10-15(13)26-17(28)19(20(21,22)23,25-18(26)29)24-16(27)12-11-14-8-3-2-4-9-14/h2-10H,11-12H2,1H3,(H,24,27)(H,25,29). The van der Waals surface area contributed by atoms with E-state index in [0.717, 1.165) is 5.56 Å². The molecule has 0 radical (unpaired) electrons. The second-order valence-corrected chi connectivity index (χ2v) is 6.64. The van der Waals surface area contributed by atoms with Crippen LogP contribution >= 0.6 is 0 Å². The third-order valence-corrected chi connectivity index (χ3v) is 4.61. The van der Waals surface area contributed by atoms with Crippen LogP contribution in [-0.4, -0.2) is 29.7 Å². The first-order chi connectivity index (χ1) is 13.7. The normalized spacial score (nSPS) is 19.2. The number of alkyl halides is 3. The van der Waals surface area contributed by atoms with E-state index < -0.39 is 29.7 Å². The fourth-order valence-corrected chi connectivity index (χ4v) is 3.08. The molecule has 6 nitrogen and oxygen atoms in total. The van der Waals surface area contributed by atoms with E-state index >= 15 is 0 Å². The van der Waals surface area contributed by atoms with Crippen LogP contribution in [0.15, 0.2) is 54.6 Å². The third kappa shape index (κ3) is 3.80. The van der Waals surface area contributed by atoms with Gasteiger partial charge in [0, 0.05) is 6.42 Å². The Morgan fingerprint density at radius 3 is 2.31 bits per heavy atom. The van der Waals surface area contributed by atoms with Crippen molar-refractivity contribution in [3.05, 3.63) is 65.7 Å². The van der Waals surface area contributed by atoms with Gasteiger partial charge in [-0.1, -0.05) is 48.5 Å². The number of hydrogen-bond donors (Lipinski definition) is 2. The average molecular weight is 405 g/mol. The van der Waals surface area contributed by atoms with Crippen LogP contribution in [0.2, 0.25) is 0 Å². The van der Waals surface area contributed by atoms with E-state index in [0.29, 0.717) is 10.5 Å². The van der Waals surface area contributed by atoms with Gasteiger partial charge in [0.1, 0.15) is 0 Å². The minimum atomic E-state index is -5.24. The SMILES string of the molecule is Cc1ccccc1N1C(=O)NC(NC(=O)CCc2ccccc2)(C(F)(F)F)C1=O. The molecule has 1 saturated heterocycles. The maximum absolute atomic E-state index is 13.9. The maximum atomic E-state index is 13.9. The fourth-order valence-electron chi connectivity index (χ4n) is 3.08. The predicted molar refractivity (Wildman–Crippen MR) is 98.9 cm³/mol. The predicted octanol–water partition coefficient (Wildman–Crippen LogP) is 3.06. The lowest BCUT2D eigenvalue weighted by Crippen LogP contribution is -2.69. The van der Waals surface area contributed by atoms with Gasteiger partial charge < -0.3 is 5.32 Å². The summed E-state index contributed by atoms with van der Waals surface area (Å²) < 4.78 is 41.6. The van der Waals surface area contributed by atoms with Crippen molar-refractivity contribution in [2.45, 2.75) is 31.6 Å². The molecule has 1 atom stereocenters. The Bertz CT molecular complexity index is 947. The van der Waals surface area contributed by atoms with Crippen molar-refractivity contribution in [3.63, 3.8) is 0 Å². The third-order valence-electron chi connectivity index (χ3n) is 4.61. The van der Waals surface area contributed by atoms with E-state index in [2.05, 4.69) is 0 Å². The van der Waals surface area contributed by atoms with Gasteiger partial charge in [0.25, 0.3) is 11.6 Å². The second kappa shape index (κ2) is 7.57. The van der Waals surface area contributed by atoms with Gasteiger partial charge in [0.2, 0.25) is 5.91 Å². The molecule has 1 aliphatic heterocycles. The number of aryl methyl sites for hydroxylation is 2. The van der Waals surface area contributed by atoms with Crippen molar-refractivity contribution >= 4 is 23.5 Å². The summed E-state index contributed by atoms with van der Waals surface area (Å²) in [6, 6.07) is 13.5. The van der Waals surface area contributed by atoms with Gasteiger partial charge >= 0.3 is 12.2 Å². The van der Waals surface area contributed by atoms with Gasteiger partial charge in [-0.15, -0.1) is 0 Å². The number of para-hydroxylation sites is 1. The summed E-state index contributed by atoms with van der Waals surface area (Å²) >= 11 is 0. The fraction of sp³-hybridized carbons (Fsp3) is 0.250. The number of benzene rings is 2. The molecule has 1 heterocycles. The molecule has 2 N–H and O–H groups in total. The zero-order valence-electron chi connectivity index (χ0n) is 15.4. The molecule has 1 unspecified atom stereocenters. The number of amides is 4. The number of imide groups is 1. The molecule has 0 saturated carbocycles. The van der Waals surface area contributed by atoms with Crippen molar-refractivity contribution in [2.75, 3.05) is 4.90 Å². The molecule has 2 aromatic rings. The monoisotopic (exact) mass is 405 g/mol. The Morgan fingerprint density at radius 2 is 1.69 bits per heavy atom. The number of nitrogens with one attached hydrogen (secondary N) is 2. The van der Waals surface area contributed by atoms with Crippen LogP contribution in [0.4, 0.5) is 23.7 Å². The molecule has 152 valence electrons. The van der Waals surface area contributed by atoms with Crippen molar-refractivity contribution in [1.29, 1.82) is 0 Å². The number of hydrogen-bond acceptors (Lipinski definition) is 3. The highest BCUT2D eigenvalue weighted by molar-refractivity contribution is 6.24. The number of anilines is 1. The molecule has 0 aromatic heterocycles. The first-order valence-corrected chi connectivity index (χ1v) is 8.80. The Balaban J connectivity index is 1.86. The minimum absolute atomic E-state index is 0.0136. The molecule has 1 fully saturated rings. The molecule has 0 spiro atoms. The van der Waals surface area contributed by atoms with Crippen LogP contribution in [0.5, 0.6) is 0 Å². The van der Waals surface area contributed by atoms with Gasteiger partial charge in [0.15, 0.2) is 0 Å². The highest BCUT2D eigenvalue weighted by Gasteiger charge is 2.69.